The number of aliphatic hydroxyl groups excluding tert-OH is 4. The van der Waals surface area contributed by atoms with Crippen LogP contribution in [0.15, 0.2) is 39.4 Å². The van der Waals surface area contributed by atoms with E-state index in [4.69, 9.17) is 135 Å². The van der Waals surface area contributed by atoms with Crippen molar-refractivity contribution in [1.82, 2.24) is 0 Å². The van der Waals surface area contributed by atoms with Gasteiger partial charge in [-0.15, -0.1) is 25.3 Å². The van der Waals surface area contributed by atoms with E-state index in [1.807, 2.05) is 6.92 Å². The Hall–Kier alpha value is -3.72. The molecule has 0 radical (unpaired) electrons. The fourth-order valence-corrected chi connectivity index (χ4v) is 5.72. The summed E-state index contributed by atoms with van der Waals surface area (Å²) in [6.45, 7) is 18.5. The number of benzene rings is 1. The third-order valence-electron chi connectivity index (χ3n) is 8.61. The summed E-state index contributed by atoms with van der Waals surface area (Å²) < 4.78 is 116. The standard InChI is InChI=1S/C15H24O7S.C11H19N3O4.C11H21NO4.C8H17N3O4.C8H18O5.ClH/c1-14-2-4-15(5-3-14)23(17,18)22-13-12-21-11-10-20-9-8-19-7-6-16;1-2-4-15-6-8-17-10-11-18-9-7-16-5-3-13-14-12;1-2-4-13-6-8-15-10-11-16-9-7-14-5-3-12;9-11-10-1-3-13-5-7-15-8-6-14-4-2-12;9-1-3-11-5-7-13-8-6-12-4-2-10;/h2-5,16H,6-13H2,1H3;1H,3-11H2;1H,3-12H2;12H,1-8H2;9-10H,1-8H2;1H. The fraction of sp³-hybridized carbons (Fsp3) is 0.811. The molecule has 0 spiro atoms. The maximum absolute atomic E-state index is 11.9. The lowest BCUT2D eigenvalue weighted by atomic mass is 10.2. The average Bonchev–Trinajstić information content (AvgIpc) is 2.84. The fourth-order valence-electron chi connectivity index (χ4n) is 4.82. The molecule has 0 aliphatic heterocycles. The topological polar surface area (TPSA) is 405 Å². The largest absolute Gasteiger partial charge is 0.394 e. The zero-order valence-corrected chi connectivity index (χ0v) is 51.8. The summed E-state index contributed by atoms with van der Waals surface area (Å²) in [5.41, 5.74) is 22.2. The number of aliphatic hydroxyl groups is 4. The van der Waals surface area contributed by atoms with Crippen LogP contribution in [0.4, 0.5) is 0 Å². The second-order valence-corrected chi connectivity index (χ2v) is 17.0. The Labute approximate surface area is 514 Å². The lowest BCUT2D eigenvalue weighted by Crippen LogP contribution is -2.14. The molecule has 0 amide bonds. The quantitative estimate of drug-likeness (QED) is 0.0153. The van der Waals surface area contributed by atoms with E-state index in [-0.39, 0.29) is 56.9 Å². The van der Waals surface area contributed by atoms with Crippen molar-refractivity contribution in [3.05, 3.63) is 50.7 Å². The summed E-state index contributed by atoms with van der Waals surface area (Å²) in [5, 5.41) is 40.2. The van der Waals surface area contributed by atoms with E-state index in [1.165, 1.54) is 12.1 Å². The first-order valence-corrected chi connectivity index (χ1v) is 28.9. The first-order valence-electron chi connectivity index (χ1n) is 27.5. The van der Waals surface area contributed by atoms with Gasteiger partial charge in [0.25, 0.3) is 10.1 Å². The number of halogens is 1. The summed E-state index contributed by atoms with van der Waals surface area (Å²) >= 11 is 0. The average molecular weight is 1290 g/mol. The van der Waals surface area contributed by atoms with Gasteiger partial charge in [0.15, 0.2) is 0 Å². The van der Waals surface area contributed by atoms with Crippen molar-refractivity contribution in [2.75, 3.05) is 277 Å². The summed E-state index contributed by atoms with van der Waals surface area (Å²) in [4.78, 5) is 5.33. The molecule has 0 unspecified atom stereocenters. The molecule has 1 aromatic rings. The maximum atomic E-state index is 11.9. The van der Waals surface area contributed by atoms with Crippen LogP contribution in [0.5, 0.6) is 0 Å². The normalized spacial score (nSPS) is 10.4. The molecule has 1 aromatic carbocycles. The molecule has 31 nitrogen and oxygen atoms in total. The molecule has 0 saturated carbocycles. The molecule has 0 aliphatic rings. The van der Waals surface area contributed by atoms with Gasteiger partial charge in [0.2, 0.25) is 0 Å². The number of hydrogen-bond donors (Lipinski definition) is 5. The molecule has 86 heavy (non-hydrogen) atoms. The Morgan fingerprint density at radius 3 is 0.884 bits per heavy atom. The summed E-state index contributed by atoms with van der Waals surface area (Å²) in [6.07, 6.45) is 10.0. The second-order valence-electron chi connectivity index (χ2n) is 15.4. The van der Waals surface area contributed by atoms with Gasteiger partial charge in [0, 0.05) is 29.5 Å². The Morgan fingerprint density at radius 2 is 0.640 bits per heavy atom. The zero-order chi connectivity index (χ0) is 63.2. The van der Waals surface area contributed by atoms with Gasteiger partial charge < -0.3 is 107 Å². The van der Waals surface area contributed by atoms with E-state index in [0.29, 0.717) is 238 Å². The third kappa shape index (κ3) is 86.7. The number of ether oxygens (including phenoxy) is 17. The monoisotopic (exact) mass is 1290 g/mol. The molecule has 0 saturated heterocycles. The molecular formula is C53H100ClN7O24S. The van der Waals surface area contributed by atoms with E-state index < -0.39 is 10.1 Å². The highest BCUT2D eigenvalue weighted by atomic mass is 35.5. The molecule has 0 atom stereocenters. The number of aryl methyl sites for hydroxylation is 1. The van der Waals surface area contributed by atoms with Crippen LogP contribution in [0.1, 0.15) is 5.56 Å². The van der Waals surface area contributed by atoms with Gasteiger partial charge in [-0.2, -0.15) is 8.42 Å². The Kier molecular flexibility index (Phi) is 90.5. The van der Waals surface area contributed by atoms with Gasteiger partial charge in [0.1, 0.15) is 13.2 Å². The minimum Gasteiger partial charge on any atom is -0.394 e. The number of azide groups is 2. The second kappa shape index (κ2) is 85.5. The van der Waals surface area contributed by atoms with E-state index in [2.05, 4.69) is 31.9 Å². The van der Waals surface area contributed by atoms with Crippen LogP contribution in [0, 0.1) is 31.6 Å². The number of hydrogen-bond acceptors (Lipinski definition) is 27. The van der Waals surface area contributed by atoms with E-state index in [0.717, 1.165) is 5.56 Å². The van der Waals surface area contributed by atoms with Crippen LogP contribution in [0.2, 0.25) is 0 Å². The SMILES string of the molecule is C#CCOCCOCCOCCOCCN.C#CCOCCOCCOCCOCCN=[N+]=[N-].Cc1ccc(S(=O)(=O)OCCOCCOCCOCCO)cc1.Cl.OCCOCCOCCOCCO.[N-]=[N+]=NCCOCCOCCOCCO. The van der Waals surface area contributed by atoms with Crippen LogP contribution >= 0.6 is 12.4 Å². The van der Waals surface area contributed by atoms with Crippen LogP contribution < -0.4 is 5.73 Å². The van der Waals surface area contributed by atoms with Crippen molar-refractivity contribution in [1.29, 1.82) is 0 Å². The van der Waals surface area contributed by atoms with Gasteiger partial charge in [-0.25, -0.2) is 0 Å². The summed E-state index contributed by atoms with van der Waals surface area (Å²) in [6, 6.07) is 6.46. The maximum Gasteiger partial charge on any atom is 0.297 e. The number of terminal acetylenes is 2. The number of rotatable bonds is 59. The predicted octanol–water partition coefficient (Wildman–Crippen LogP) is 1.16. The van der Waals surface area contributed by atoms with Gasteiger partial charge in [-0.3, -0.25) is 4.18 Å². The van der Waals surface area contributed by atoms with E-state index in [1.54, 1.807) is 12.1 Å². The van der Waals surface area contributed by atoms with Crippen molar-refractivity contribution in [2.45, 2.75) is 11.8 Å². The smallest absolute Gasteiger partial charge is 0.297 e. The van der Waals surface area contributed by atoms with Crippen LogP contribution in [0.3, 0.4) is 0 Å². The Morgan fingerprint density at radius 1 is 0.407 bits per heavy atom. The molecular weight excluding hydrogens is 1190 g/mol. The highest BCUT2D eigenvalue weighted by molar-refractivity contribution is 7.86. The zero-order valence-electron chi connectivity index (χ0n) is 50.2. The Bertz CT molecular complexity index is 1750. The van der Waals surface area contributed by atoms with E-state index >= 15 is 0 Å². The van der Waals surface area contributed by atoms with Crippen LogP contribution in [-0.2, 0) is 94.8 Å². The van der Waals surface area contributed by atoms with Crippen LogP contribution in [0.25, 0.3) is 20.9 Å². The minimum atomic E-state index is -3.74. The molecule has 0 heterocycles. The molecule has 1 rings (SSSR count). The van der Waals surface area contributed by atoms with Crippen molar-refractivity contribution in [3.63, 3.8) is 0 Å². The molecule has 0 bridgehead atoms. The van der Waals surface area contributed by atoms with Gasteiger partial charge >= 0.3 is 0 Å². The van der Waals surface area contributed by atoms with Crippen molar-refractivity contribution >= 4 is 22.5 Å². The molecule has 0 aliphatic carbocycles. The molecule has 0 fully saturated rings. The first-order chi connectivity index (χ1) is 41.7. The lowest BCUT2D eigenvalue weighted by molar-refractivity contribution is 0.00223. The first kappa shape index (κ1) is 91.0. The Balaban J connectivity index is -0.000000322. The number of nitrogens with zero attached hydrogens (tertiary/aromatic N) is 6. The van der Waals surface area contributed by atoms with Crippen LogP contribution in [-0.4, -0.2) is 306 Å². The third-order valence-corrected chi connectivity index (χ3v) is 9.94. The molecule has 33 heteroatoms. The molecule has 6 N–H and O–H groups in total. The van der Waals surface area contributed by atoms with Gasteiger partial charge in [-0.1, -0.05) is 39.8 Å². The van der Waals surface area contributed by atoms with Gasteiger partial charge in [0.05, 0.1) is 249 Å². The highest BCUT2D eigenvalue weighted by Gasteiger charge is 2.14. The summed E-state index contributed by atoms with van der Waals surface area (Å²) in [7, 11) is -3.74. The van der Waals surface area contributed by atoms with E-state index in [9.17, 15) is 8.42 Å². The highest BCUT2D eigenvalue weighted by Crippen LogP contribution is 2.13. The van der Waals surface area contributed by atoms with Crippen molar-refractivity contribution < 1.29 is 114 Å². The van der Waals surface area contributed by atoms with Crippen molar-refractivity contribution in [2.24, 2.45) is 16.0 Å². The van der Waals surface area contributed by atoms with Crippen molar-refractivity contribution in [3.8, 4) is 24.7 Å². The molecule has 504 valence electrons. The number of nitrogens with two attached hydrogens (primary N) is 1. The minimum absolute atomic E-state index is 0. The lowest BCUT2D eigenvalue weighted by Gasteiger charge is -2.08. The predicted molar refractivity (Wildman–Crippen MR) is 319 cm³/mol. The molecule has 0 aromatic heterocycles. The summed E-state index contributed by atoms with van der Waals surface area (Å²) in [5.74, 6) is 4.75. The van der Waals surface area contributed by atoms with Gasteiger partial charge in [-0.05, 0) is 30.1 Å².